The van der Waals surface area contributed by atoms with Gasteiger partial charge in [0.25, 0.3) is 23.6 Å². The van der Waals surface area contributed by atoms with E-state index in [1.165, 1.54) is 0 Å². The summed E-state index contributed by atoms with van der Waals surface area (Å²) in [7, 11) is 0. The number of hydrogen-bond donors (Lipinski definition) is 2. The Morgan fingerprint density at radius 1 is 0.536 bits per heavy atom. The van der Waals surface area contributed by atoms with Gasteiger partial charge in [-0.15, -0.1) is 10.1 Å². The summed E-state index contributed by atoms with van der Waals surface area (Å²) in [6.07, 6.45) is 2.25. The monoisotopic (exact) mass is 378 g/mol. The summed E-state index contributed by atoms with van der Waals surface area (Å²) >= 11 is 0. The van der Waals surface area contributed by atoms with Crippen molar-refractivity contribution in [3.63, 3.8) is 0 Å². The normalized spacial score (nSPS) is 16.1. The topological polar surface area (TPSA) is 115 Å². The molecular weight excluding hydrogens is 364 g/mol. The first-order valence-corrected chi connectivity index (χ1v) is 8.09. The van der Waals surface area contributed by atoms with Gasteiger partial charge in [0.05, 0.1) is 11.1 Å². The van der Waals surface area contributed by atoms with E-state index in [1.54, 1.807) is 48.5 Å². The molecule has 2 heterocycles. The van der Waals surface area contributed by atoms with E-state index < -0.39 is 23.6 Å². The Morgan fingerprint density at radius 2 is 0.857 bits per heavy atom. The second kappa shape index (κ2) is 7.78. The number of amides is 4. The molecule has 4 amide bonds. The van der Waals surface area contributed by atoms with Crippen LogP contribution in [0.15, 0.2) is 72.8 Å². The van der Waals surface area contributed by atoms with Crippen molar-refractivity contribution in [2.75, 3.05) is 0 Å². The average molecular weight is 378 g/mol. The fourth-order valence-electron chi connectivity index (χ4n) is 2.57. The molecule has 0 unspecified atom stereocenters. The molecule has 2 aromatic carbocycles. The van der Waals surface area contributed by atoms with Crippen LogP contribution in [0.3, 0.4) is 0 Å². The van der Waals surface area contributed by atoms with Crippen LogP contribution >= 0.6 is 0 Å². The van der Waals surface area contributed by atoms with Crippen LogP contribution in [0.5, 0.6) is 0 Å². The lowest BCUT2D eigenvalue weighted by molar-refractivity contribution is -0.169. The summed E-state index contributed by atoms with van der Waals surface area (Å²) in [4.78, 5) is 44.5. The van der Waals surface area contributed by atoms with Gasteiger partial charge in [0.2, 0.25) is 0 Å². The molecule has 0 bridgehead atoms. The van der Waals surface area contributed by atoms with Crippen molar-refractivity contribution in [2.45, 2.75) is 0 Å². The Labute approximate surface area is 159 Å². The summed E-state index contributed by atoms with van der Waals surface area (Å²) < 4.78 is 0. The van der Waals surface area contributed by atoms with E-state index in [4.69, 9.17) is 10.4 Å². The lowest BCUT2D eigenvalue weighted by Gasteiger charge is -2.04. The molecule has 0 saturated heterocycles. The summed E-state index contributed by atoms with van der Waals surface area (Å²) in [5.41, 5.74) is 1.70. The SMILES string of the molecule is O=C1C=C(c2ccccc2)C(=O)N1O.O=C1C=C(c2ccccc2)C(=O)N1O. The van der Waals surface area contributed by atoms with Crippen molar-refractivity contribution in [2.24, 2.45) is 0 Å². The van der Waals surface area contributed by atoms with Gasteiger partial charge >= 0.3 is 0 Å². The van der Waals surface area contributed by atoms with E-state index in [0.717, 1.165) is 12.2 Å². The molecular formula is C20H14N2O6. The van der Waals surface area contributed by atoms with Gasteiger partial charge in [-0.1, -0.05) is 60.7 Å². The van der Waals surface area contributed by atoms with E-state index in [0.29, 0.717) is 11.1 Å². The Kier molecular flexibility index (Phi) is 5.25. The van der Waals surface area contributed by atoms with Gasteiger partial charge < -0.3 is 0 Å². The van der Waals surface area contributed by atoms with Crippen molar-refractivity contribution in [3.8, 4) is 0 Å². The van der Waals surface area contributed by atoms with Crippen molar-refractivity contribution in [3.05, 3.63) is 83.9 Å². The molecule has 0 atom stereocenters. The molecule has 0 radical (unpaired) electrons. The van der Waals surface area contributed by atoms with E-state index in [-0.39, 0.29) is 21.3 Å². The molecule has 4 rings (SSSR count). The smallest absolute Gasteiger partial charge is 0.278 e. The molecule has 0 spiro atoms. The Bertz CT molecular complexity index is 928. The van der Waals surface area contributed by atoms with Crippen LogP contribution in [-0.4, -0.2) is 44.2 Å². The van der Waals surface area contributed by atoms with Gasteiger partial charge in [-0.25, -0.2) is 0 Å². The van der Waals surface area contributed by atoms with Crippen molar-refractivity contribution in [1.29, 1.82) is 0 Å². The van der Waals surface area contributed by atoms with Crippen LogP contribution in [0.2, 0.25) is 0 Å². The van der Waals surface area contributed by atoms with Crippen LogP contribution in [-0.2, 0) is 19.2 Å². The minimum absolute atomic E-state index is 0.113. The van der Waals surface area contributed by atoms with Gasteiger partial charge in [0.1, 0.15) is 0 Å². The molecule has 0 aromatic heterocycles. The molecule has 2 aromatic rings. The van der Waals surface area contributed by atoms with E-state index >= 15 is 0 Å². The standard InChI is InChI=1S/2C10H7NO3/c2*12-9-6-8(10(13)11(9)14)7-4-2-1-3-5-7/h2*1-6,14H. The second-order valence-electron chi connectivity index (χ2n) is 5.76. The van der Waals surface area contributed by atoms with Gasteiger partial charge in [0.15, 0.2) is 0 Å². The van der Waals surface area contributed by atoms with E-state index in [2.05, 4.69) is 0 Å². The minimum Gasteiger partial charge on any atom is -0.278 e. The predicted molar refractivity (Wildman–Crippen MR) is 96.1 cm³/mol. The number of benzene rings is 2. The lowest BCUT2D eigenvalue weighted by atomic mass is 10.1. The third kappa shape index (κ3) is 3.63. The fourth-order valence-corrected chi connectivity index (χ4v) is 2.57. The van der Waals surface area contributed by atoms with Gasteiger partial charge in [-0.05, 0) is 11.1 Å². The summed E-state index contributed by atoms with van der Waals surface area (Å²) in [6.45, 7) is 0. The molecule has 28 heavy (non-hydrogen) atoms. The van der Waals surface area contributed by atoms with Crippen LogP contribution in [0.1, 0.15) is 11.1 Å². The predicted octanol–water partition coefficient (Wildman–Crippen LogP) is 1.66. The Morgan fingerprint density at radius 3 is 1.11 bits per heavy atom. The molecule has 8 nitrogen and oxygen atoms in total. The zero-order valence-corrected chi connectivity index (χ0v) is 14.4. The third-order valence-electron chi connectivity index (χ3n) is 3.97. The highest BCUT2D eigenvalue weighted by atomic mass is 16.5. The van der Waals surface area contributed by atoms with Crippen LogP contribution < -0.4 is 0 Å². The highest BCUT2D eigenvalue weighted by molar-refractivity contribution is 6.33. The van der Waals surface area contributed by atoms with Crippen molar-refractivity contribution in [1.82, 2.24) is 10.1 Å². The average Bonchev–Trinajstić information content (AvgIpc) is 3.14. The number of imide groups is 2. The van der Waals surface area contributed by atoms with Crippen molar-refractivity contribution >= 4 is 34.8 Å². The van der Waals surface area contributed by atoms with Crippen molar-refractivity contribution < 1.29 is 29.6 Å². The maximum atomic E-state index is 11.3. The quantitative estimate of drug-likeness (QED) is 0.607. The number of hydrogen-bond acceptors (Lipinski definition) is 6. The molecule has 8 heteroatoms. The van der Waals surface area contributed by atoms with E-state index in [1.807, 2.05) is 12.1 Å². The largest absolute Gasteiger partial charge is 0.285 e. The fraction of sp³-hybridized carbons (Fsp3) is 0. The first kappa shape index (κ1) is 18.9. The van der Waals surface area contributed by atoms with Gasteiger partial charge in [-0.3, -0.25) is 29.6 Å². The lowest BCUT2D eigenvalue weighted by Crippen LogP contribution is -2.26. The van der Waals surface area contributed by atoms with E-state index in [9.17, 15) is 19.2 Å². The van der Waals surface area contributed by atoms with Crippen LogP contribution in [0, 0.1) is 0 Å². The molecule has 2 aliphatic heterocycles. The van der Waals surface area contributed by atoms with Crippen LogP contribution in [0.25, 0.3) is 11.1 Å². The molecule has 140 valence electrons. The van der Waals surface area contributed by atoms with Crippen LogP contribution in [0.4, 0.5) is 0 Å². The Balaban J connectivity index is 0.000000161. The maximum Gasteiger partial charge on any atom is 0.285 e. The minimum atomic E-state index is -0.700. The second-order valence-corrected chi connectivity index (χ2v) is 5.76. The first-order chi connectivity index (χ1) is 13.4. The maximum absolute atomic E-state index is 11.3. The number of carbonyl (C=O) groups excluding carboxylic acids is 4. The Hall–Kier alpha value is -3.88. The molecule has 2 aliphatic rings. The zero-order chi connectivity index (χ0) is 20.3. The first-order valence-electron chi connectivity index (χ1n) is 8.09. The molecule has 0 fully saturated rings. The number of nitrogens with zero attached hydrogens (tertiary/aromatic N) is 2. The van der Waals surface area contributed by atoms with Gasteiger partial charge in [-0.2, -0.15) is 0 Å². The molecule has 2 N–H and O–H groups in total. The highest BCUT2D eigenvalue weighted by Gasteiger charge is 2.31. The molecule has 0 saturated carbocycles. The molecule has 0 aliphatic carbocycles. The summed E-state index contributed by atoms with van der Waals surface area (Å²) in [5.74, 6) is -2.76. The third-order valence-corrected chi connectivity index (χ3v) is 3.97. The number of rotatable bonds is 2. The van der Waals surface area contributed by atoms with Gasteiger partial charge in [0, 0.05) is 12.2 Å². The highest BCUT2D eigenvalue weighted by Crippen LogP contribution is 2.22. The zero-order valence-electron chi connectivity index (χ0n) is 14.4. The summed E-state index contributed by atoms with van der Waals surface area (Å²) in [6, 6.07) is 17.5. The summed E-state index contributed by atoms with van der Waals surface area (Å²) in [5, 5.41) is 18.2. The number of hydroxylamine groups is 4. The number of carbonyl (C=O) groups is 4.